The lowest BCUT2D eigenvalue weighted by Gasteiger charge is -2.32. The molecule has 0 saturated carbocycles. The quantitative estimate of drug-likeness (QED) is 0.780. The number of aromatic amines is 1. The van der Waals surface area contributed by atoms with Crippen LogP contribution in [0.5, 0.6) is 0 Å². The van der Waals surface area contributed by atoms with Crippen molar-refractivity contribution in [3.05, 3.63) is 29.3 Å². The van der Waals surface area contributed by atoms with Gasteiger partial charge in [0.1, 0.15) is 4.90 Å². The molecule has 3 heterocycles. The Morgan fingerprint density at radius 3 is 2.64 bits per heavy atom. The van der Waals surface area contributed by atoms with E-state index >= 15 is 0 Å². The molecule has 1 aliphatic heterocycles. The summed E-state index contributed by atoms with van der Waals surface area (Å²) in [5.41, 5.74) is 1.87. The lowest BCUT2D eigenvalue weighted by molar-refractivity contribution is 0.0771. The molecule has 1 saturated heterocycles. The van der Waals surface area contributed by atoms with E-state index < -0.39 is 10.0 Å². The number of aryl methyl sites for hydroxylation is 1. The SMILES string of the molecule is CCN(CC)C(=O)c1cn[nH]c1[C@@H]1CCCN(S(=O)(=O)c2cnn(C)c2C)C1. The molecule has 0 radical (unpaired) electrons. The number of H-pyrrole nitrogens is 1. The normalized spacial score (nSPS) is 18.4. The zero-order valence-electron chi connectivity index (χ0n) is 16.8. The van der Waals surface area contributed by atoms with Gasteiger partial charge in [0.25, 0.3) is 5.91 Å². The van der Waals surface area contributed by atoms with E-state index in [9.17, 15) is 13.2 Å². The molecule has 9 nitrogen and oxygen atoms in total. The maximum Gasteiger partial charge on any atom is 0.257 e. The van der Waals surface area contributed by atoms with Gasteiger partial charge >= 0.3 is 0 Å². The van der Waals surface area contributed by atoms with Gasteiger partial charge in [-0.1, -0.05) is 0 Å². The fourth-order valence-electron chi connectivity index (χ4n) is 3.73. The molecular weight excluding hydrogens is 380 g/mol. The first-order chi connectivity index (χ1) is 13.3. The summed E-state index contributed by atoms with van der Waals surface area (Å²) < 4.78 is 29.3. The maximum absolute atomic E-state index is 13.1. The van der Waals surface area contributed by atoms with Crippen LogP contribution in [-0.4, -0.2) is 69.7 Å². The minimum Gasteiger partial charge on any atom is -0.339 e. The van der Waals surface area contributed by atoms with Crippen LogP contribution in [0, 0.1) is 6.92 Å². The molecule has 0 aliphatic carbocycles. The molecule has 1 fully saturated rings. The number of carbonyl (C=O) groups excluding carboxylic acids is 1. The van der Waals surface area contributed by atoms with Crippen LogP contribution < -0.4 is 0 Å². The highest BCUT2D eigenvalue weighted by Gasteiger charge is 2.35. The average molecular weight is 409 g/mol. The summed E-state index contributed by atoms with van der Waals surface area (Å²) in [7, 11) is -1.91. The van der Waals surface area contributed by atoms with Gasteiger partial charge in [-0.05, 0) is 33.6 Å². The number of nitrogens with zero attached hydrogens (tertiary/aromatic N) is 5. The molecule has 0 spiro atoms. The standard InChI is InChI=1S/C18H28N6O3S/c1-5-23(6-2)18(25)15-10-19-21-17(15)14-8-7-9-24(12-14)28(26,27)16-11-20-22(4)13(16)3/h10-11,14H,5-9,12H2,1-4H3,(H,19,21)/t14-/m1/s1. The molecule has 0 unspecified atom stereocenters. The largest absolute Gasteiger partial charge is 0.339 e. The van der Waals surface area contributed by atoms with E-state index in [1.807, 2.05) is 13.8 Å². The van der Waals surface area contributed by atoms with Crippen molar-refractivity contribution in [3.8, 4) is 0 Å². The lowest BCUT2D eigenvalue weighted by Crippen LogP contribution is -2.40. The van der Waals surface area contributed by atoms with Crippen LogP contribution >= 0.6 is 0 Å². The number of hydrogen-bond donors (Lipinski definition) is 1. The van der Waals surface area contributed by atoms with E-state index in [2.05, 4.69) is 15.3 Å². The summed E-state index contributed by atoms with van der Waals surface area (Å²) in [6.45, 7) is 7.63. The Morgan fingerprint density at radius 1 is 1.32 bits per heavy atom. The molecule has 1 N–H and O–H groups in total. The van der Waals surface area contributed by atoms with Crippen molar-refractivity contribution in [2.45, 2.75) is 44.4 Å². The van der Waals surface area contributed by atoms with E-state index in [-0.39, 0.29) is 16.7 Å². The number of nitrogens with one attached hydrogen (secondary N) is 1. The molecule has 2 aromatic rings. The zero-order valence-corrected chi connectivity index (χ0v) is 17.7. The Hall–Kier alpha value is -2.20. The van der Waals surface area contributed by atoms with Crippen molar-refractivity contribution in [2.24, 2.45) is 7.05 Å². The van der Waals surface area contributed by atoms with Crippen LogP contribution in [0.25, 0.3) is 0 Å². The highest BCUT2D eigenvalue weighted by Crippen LogP contribution is 2.32. The molecular formula is C18H28N6O3S. The first kappa shape index (κ1) is 20.5. The highest BCUT2D eigenvalue weighted by molar-refractivity contribution is 7.89. The van der Waals surface area contributed by atoms with Crippen LogP contribution in [0.15, 0.2) is 17.3 Å². The second kappa shape index (κ2) is 8.04. The van der Waals surface area contributed by atoms with Crippen LogP contribution in [-0.2, 0) is 17.1 Å². The number of amides is 1. The third-order valence-corrected chi connectivity index (χ3v) is 7.52. The average Bonchev–Trinajstić information content (AvgIpc) is 3.30. The molecule has 10 heteroatoms. The Kier molecular flexibility index (Phi) is 5.90. The maximum atomic E-state index is 13.1. The first-order valence-electron chi connectivity index (χ1n) is 9.62. The van der Waals surface area contributed by atoms with Crippen molar-refractivity contribution in [1.29, 1.82) is 0 Å². The summed E-state index contributed by atoms with van der Waals surface area (Å²) in [5, 5.41) is 11.1. The second-order valence-corrected chi connectivity index (χ2v) is 9.00. The van der Waals surface area contributed by atoms with Crippen molar-refractivity contribution < 1.29 is 13.2 Å². The van der Waals surface area contributed by atoms with Gasteiger partial charge in [0.15, 0.2) is 0 Å². The molecule has 1 amide bonds. The number of hydrogen-bond acceptors (Lipinski definition) is 5. The predicted molar refractivity (Wildman–Crippen MR) is 105 cm³/mol. The van der Waals surface area contributed by atoms with Crippen LogP contribution in [0.1, 0.15) is 54.4 Å². The van der Waals surface area contributed by atoms with Crippen molar-refractivity contribution in [1.82, 2.24) is 29.2 Å². The summed E-state index contributed by atoms with van der Waals surface area (Å²) in [6.07, 6.45) is 4.48. The van der Waals surface area contributed by atoms with Crippen LogP contribution in [0.3, 0.4) is 0 Å². The van der Waals surface area contributed by atoms with Crippen molar-refractivity contribution in [2.75, 3.05) is 26.2 Å². The number of aromatic nitrogens is 4. The molecule has 1 atom stereocenters. The molecule has 3 rings (SSSR count). The van der Waals surface area contributed by atoms with E-state index in [0.717, 1.165) is 18.5 Å². The minimum absolute atomic E-state index is 0.0724. The summed E-state index contributed by atoms with van der Waals surface area (Å²) in [5.74, 6) is -0.172. The van der Waals surface area contributed by atoms with E-state index in [0.29, 0.717) is 37.4 Å². The fraction of sp³-hybridized carbons (Fsp3) is 0.611. The number of piperidine rings is 1. The molecule has 0 aromatic carbocycles. The van der Waals surface area contributed by atoms with E-state index in [4.69, 9.17) is 0 Å². The smallest absolute Gasteiger partial charge is 0.257 e. The molecule has 28 heavy (non-hydrogen) atoms. The summed E-state index contributed by atoms with van der Waals surface area (Å²) in [6, 6.07) is 0. The Labute approximate surface area is 165 Å². The highest BCUT2D eigenvalue weighted by atomic mass is 32.2. The van der Waals surface area contributed by atoms with Gasteiger partial charge in [-0.15, -0.1) is 0 Å². The van der Waals surface area contributed by atoms with Gasteiger partial charge < -0.3 is 4.90 Å². The van der Waals surface area contributed by atoms with Gasteiger partial charge in [-0.2, -0.15) is 14.5 Å². The zero-order chi connectivity index (χ0) is 20.5. The number of rotatable bonds is 6. The molecule has 0 bridgehead atoms. The summed E-state index contributed by atoms with van der Waals surface area (Å²) in [4.78, 5) is 14.8. The van der Waals surface area contributed by atoms with E-state index in [1.54, 1.807) is 29.7 Å². The second-order valence-electron chi connectivity index (χ2n) is 7.09. The van der Waals surface area contributed by atoms with Crippen molar-refractivity contribution >= 4 is 15.9 Å². The Balaban J connectivity index is 1.86. The third kappa shape index (κ3) is 3.58. The van der Waals surface area contributed by atoms with Gasteiger partial charge in [0.05, 0.1) is 29.3 Å². The number of sulfonamides is 1. The monoisotopic (exact) mass is 408 g/mol. The van der Waals surface area contributed by atoms with Crippen LogP contribution in [0.4, 0.5) is 0 Å². The summed E-state index contributed by atoms with van der Waals surface area (Å²) >= 11 is 0. The van der Waals surface area contributed by atoms with Crippen molar-refractivity contribution in [3.63, 3.8) is 0 Å². The van der Waals surface area contributed by atoms with Gasteiger partial charge in [-0.25, -0.2) is 8.42 Å². The third-order valence-electron chi connectivity index (χ3n) is 5.55. The topological polar surface area (TPSA) is 104 Å². The Morgan fingerprint density at radius 2 is 2.04 bits per heavy atom. The van der Waals surface area contributed by atoms with Gasteiger partial charge in [0, 0.05) is 39.1 Å². The minimum atomic E-state index is -3.63. The predicted octanol–water partition coefficient (Wildman–Crippen LogP) is 1.50. The fourth-order valence-corrected chi connectivity index (χ4v) is 5.44. The van der Waals surface area contributed by atoms with Gasteiger partial charge in [-0.3, -0.25) is 14.6 Å². The molecule has 154 valence electrons. The van der Waals surface area contributed by atoms with E-state index in [1.165, 1.54) is 10.5 Å². The first-order valence-corrected chi connectivity index (χ1v) is 11.1. The lowest BCUT2D eigenvalue weighted by atomic mass is 9.93. The van der Waals surface area contributed by atoms with Gasteiger partial charge in [0.2, 0.25) is 10.0 Å². The molecule has 2 aromatic heterocycles. The van der Waals surface area contributed by atoms with Crippen LogP contribution in [0.2, 0.25) is 0 Å². The Bertz CT molecular complexity index is 944. The molecule has 1 aliphatic rings. The number of carbonyl (C=O) groups is 1.